The molecule has 1 saturated heterocycles. The molecule has 1 fully saturated rings. The van der Waals surface area contributed by atoms with Crippen LogP contribution in [0.3, 0.4) is 0 Å². The number of hydrogen-bond acceptors (Lipinski definition) is 4. The Morgan fingerprint density at radius 2 is 2.21 bits per heavy atom. The van der Waals surface area contributed by atoms with Crippen LogP contribution in [0.2, 0.25) is 0 Å². The van der Waals surface area contributed by atoms with Crippen LogP contribution < -0.4 is 9.64 Å². The molecular formula is C14H21ClN2O2. The van der Waals surface area contributed by atoms with Gasteiger partial charge in [0.15, 0.2) is 11.6 Å². The molecule has 0 amide bonds. The second-order valence-electron chi connectivity index (χ2n) is 4.50. The first-order valence-electron chi connectivity index (χ1n) is 6.85. The van der Waals surface area contributed by atoms with Crippen LogP contribution in [0.25, 0.3) is 0 Å². The molecule has 0 spiro atoms. The van der Waals surface area contributed by atoms with Gasteiger partial charge in [0, 0.05) is 25.2 Å². The van der Waals surface area contributed by atoms with E-state index in [-0.39, 0.29) is 0 Å². The Labute approximate surface area is 119 Å². The fourth-order valence-electron chi connectivity index (χ4n) is 2.33. The summed E-state index contributed by atoms with van der Waals surface area (Å²) in [6.45, 7) is 5.19. The summed E-state index contributed by atoms with van der Waals surface area (Å²) in [5.41, 5.74) is 0. The zero-order chi connectivity index (χ0) is 13.5. The van der Waals surface area contributed by atoms with E-state index < -0.39 is 0 Å². The van der Waals surface area contributed by atoms with Gasteiger partial charge in [0.1, 0.15) is 0 Å². The SMILES string of the molecule is CCOc1cccnc1N1CCC(OCCCl)CC1. The topological polar surface area (TPSA) is 34.6 Å². The minimum absolute atomic E-state index is 0.328. The van der Waals surface area contributed by atoms with Crippen molar-refractivity contribution in [2.45, 2.75) is 25.9 Å². The molecule has 5 heteroatoms. The molecule has 0 radical (unpaired) electrons. The zero-order valence-corrected chi connectivity index (χ0v) is 12.1. The number of rotatable bonds is 6. The van der Waals surface area contributed by atoms with E-state index in [1.165, 1.54) is 0 Å². The van der Waals surface area contributed by atoms with E-state index in [1.807, 2.05) is 25.3 Å². The van der Waals surface area contributed by atoms with Crippen LogP contribution in [0.15, 0.2) is 18.3 Å². The van der Waals surface area contributed by atoms with Crippen LogP contribution in [-0.4, -0.2) is 43.3 Å². The van der Waals surface area contributed by atoms with Gasteiger partial charge in [-0.15, -0.1) is 11.6 Å². The zero-order valence-electron chi connectivity index (χ0n) is 11.3. The van der Waals surface area contributed by atoms with E-state index in [4.69, 9.17) is 21.1 Å². The molecule has 0 atom stereocenters. The standard InChI is InChI=1S/C14H21ClN2O2/c1-2-18-13-4-3-8-16-14(13)17-9-5-12(6-10-17)19-11-7-15/h3-4,8,12H,2,5-7,9-11H2,1H3. The number of ether oxygens (including phenoxy) is 2. The molecule has 106 valence electrons. The van der Waals surface area contributed by atoms with Crippen molar-refractivity contribution < 1.29 is 9.47 Å². The van der Waals surface area contributed by atoms with Crippen LogP contribution in [-0.2, 0) is 4.74 Å². The number of piperidine rings is 1. The highest BCUT2D eigenvalue weighted by Crippen LogP contribution is 2.28. The minimum Gasteiger partial charge on any atom is -0.490 e. The molecule has 0 bridgehead atoms. The van der Waals surface area contributed by atoms with Crippen molar-refractivity contribution in [3.63, 3.8) is 0 Å². The van der Waals surface area contributed by atoms with Crippen molar-refractivity contribution >= 4 is 17.4 Å². The van der Waals surface area contributed by atoms with E-state index in [1.54, 1.807) is 0 Å². The molecule has 4 nitrogen and oxygen atoms in total. The molecule has 0 aliphatic carbocycles. The lowest BCUT2D eigenvalue weighted by atomic mass is 10.1. The molecule has 0 aromatic carbocycles. The van der Waals surface area contributed by atoms with Gasteiger partial charge in [0.25, 0.3) is 0 Å². The van der Waals surface area contributed by atoms with Gasteiger partial charge in [-0.25, -0.2) is 4.98 Å². The molecule has 0 saturated carbocycles. The van der Waals surface area contributed by atoms with Crippen LogP contribution in [0.4, 0.5) is 5.82 Å². The van der Waals surface area contributed by atoms with Gasteiger partial charge in [0.05, 0.1) is 19.3 Å². The van der Waals surface area contributed by atoms with Gasteiger partial charge in [-0.05, 0) is 31.9 Å². The van der Waals surface area contributed by atoms with E-state index in [9.17, 15) is 0 Å². The maximum atomic E-state index is 5.68. The third kappa shape index (κ3) is 3.98. The number of pyridine rings is 1. The lowest BCUT2D eigenvalue weighted by Crippen LogP contribution is -2.38. The average Bonchev–Trinajstić information content (AvgIpc) is 2.47. The van der Waals surface area contributed by atoms with E-state index >= 15 is 0 Å². The molecule has 2 rings (SSSR count). The summed E-state index contributed by atoms with van der Waals surface area (Å²) >= 11 is 5.64. The van der Waals surface area contributed by atoms with Gasteiger partial charge < -0.3 is 14.4 Å². The van der Waals surface area contributed by atoms with Crippen molar-refractivity contribution in [3.8, 4) is 5.75 Å². The predicted octanol–water partition coefficient (Wildman–Crippen LogP) is 2.70. The van der Waals surface area contributed by atoms with Crippen molar-refractivity contribution in [1.29, 1.82) is 0 Å². The lowest BCUT2D eigenvalue weighted by Gasteiger charge is -2.33. The fraction of sp³-hybridized carbons (Fsp3) is 0.643. The number of hydrogen-bond donors (Lipinski definition) is 0. The Hall–Kier alpha value is -1.00. The summed E-state index contributed by atoms with van der Waals surface area (Å²) in [5.74, 6) is 2.37. The molecule has 1 aliphatic heterocycles. The molecule has 1 aromatic rings. The number of aromatic nitrogens is 1. The summed E-state index contributed by atoms with van der Waals surface area (Å²) in [5, 5.41) is 0. The van der Waals surface area contributed by atoms with Crippen molar-refractivity contribution in [2.75, 3.05) is 37.1 Å². The van der Waals surface area contributed by atoms with Gasteiger partial charge in [-0.1, -0.05) is 0 Å². The van der Waals surface area contributed by atoms with Crippen molar-refractivity contribution in [2.24, 2.45) is 0 Å². The van der Waals surface area contributed by atoms with Gasteiger partial charge >= 0.3 is 0 Å². The molecule has 0 unspecified atom stereocenters. The molecule has 2 heterocycles. The monoisotopic (exact) mass is 284 g/mol. The number of nitrogens with zero attached hydrogens (tertiary/aromatic N) is 2. The normalized spacial score (nSPS) is 16.6. The first kappa shape index (κ1) is 14.4. The van der Waals surface area contributed by atoms with E-state index in [0.29, 0.717) is 25.2 Å². The molecular weight excluding hydrogens is 264 g/mol. The summed E-state index contributed by atoms with van der Waals surface area (Å²) < 4.78 is 11.3. The largest absolute Gasteiger partial charge is 0.490 e. The Bertz CT molecular complexity index is 381. The highest BCUT2D eigenvalue weighted by Gasteiger charge is 2.22. The van der Waals surface area contributed by atoms with Crippen LogP contribution in [0.5, 0.6) is 5.75 Å². The Morgan fingerprint density at radius 3 is 2.89 bits per heavy atom. The number of halogens is 1. The van der Waals surface area contributed by atoms with Crippen LogP contribution in [0.1, 0.15) is 19.8 Å². The van der Waals surface area contributed by atoms with Crippen LogP contribution in [0, 0.1) is 0 Å². The average molecular weight is 285 g/mol. The predicted molar refractivity (Wildman–Crippen MR) is 77.3 cm³/mol. The summed E-state index contributed by atoms with van der Waals surface area (Å²) in [7, 11) is 0. The van der Waals surface area contributed by atoms with Gasteiger partial charge in [0.2, 0.25) is 0 Å². The van der Waals surface area contributed by atoms with Crippen LogP contribution >= 0.6 is 11.6 Å². The third-order valence-electron chi connectivity index (χ3n) is 3.22. The fourth-order valence-corrected chi connectivity index (χ4v) is 2.42. The van der Waals surface area contributed by atoms with Gasteiger partial charge in [-0.2, -0.15) is 0 Å². The minimum atomic E-state index is 0.328. The summed E-state index contributed by atoms with van der Waals surface area (Å²) in [6, 6.07) is 3.88. The maximum absolute atomic E-state index is 5.68. The van der Waals surface area contributed by atoms with E-state index in [2.05, 4.69) is 9.88 Å². The summed E-state index contributed by atoms with van der Waals surface area (Å²) in [4.78, 5) is 6.72. The first-order valence-corrected chi connectivity index (χ1v) is 7.39. The Kier molecular flexibility index (Phi) is 5.73. The van der Waals surface area contributed by atoms with Gasteiger partial charge in [-0.3, -0.25) is 0 Å². The Morgan fingerprint density at radius 1 is 1.42 bits per heavy atom. The quantitative estimate of drug-likeness (QED) is 0.753. The highest BCUT2D eigenvalue weighted by atomic mass is 35.5. The first-order chi connectivity index (χ1) is 9.35. The molecule has 1 aromatic heterocycles. The molecule has 1 aliphatic rings. The lowest BCUT2D eigenvalue weighted by molar-refractivity contribution is 0.0470. The second kappa shape index (κ2) is 7.56. The highest BCUT2D eigenvalue weighted by molar-refractivity contribution is 6.17. The van der Waals surface area contributed by atoms with Crippen molar-refractivity contribution in [3.05, 3.63) is 18.3 Å². The maximum Gasteiger partial charge on any atom is 0.171 e. The third-order valence-corrected chi connectivity index (χ3v) is 3.38. The number of anilines is 1. The number of alkyl halides is 1. The molecule has 0 N–H and O–H groups in total. The van der Waals surface area contributed by atoms with Crippen molar-refractivity contribution in [1.82, 2.24) is 4.98 Å². The summed E-state index contributed by atoms with van der Waals surface area (Å²) in [6.07, 6.45) is 4.17. The second-order valence-corrected chi connectivity index (χ2v) is 4.88. The van der Waals surface area contributed by atoms with E-state index in [0.717, 1.165) is 37.5 Å². The Balaban J connectivity index is 1.93. The molecule has 19 heavy (non-hydrogen) atoms. The smallest absolute Gasteiger partial charge is 0.171 e.